The van der Waals surface area contributed by atoms with Crippen LogP contribution in [-0.2, 0) is 10.0 Å². The zero-order valence-corrected chi connectivity index (χ0v) is 14.6. The summed E-state index contributed by atoms with van der Waals surface area (Å²) in [6.07, 6.45) is 0.644. The van der Waals surface area contributed by atoms with Gasteiger partial charge in [0.15, 0.2) is 0 Å². The molecule has 5 nitrogen and oxygen atoms in total. The highest BCUT2D eigenvalue weighted by Crippen LogP contribution is 2.32. The molecule has 0 radical (unpaired) electrons. The van der Waals surface area contributed by atoms with Crippen molar-refractivity contribution in [3.05, 3.63) is 64.4 Å². The van der Waals surface area contributed by atoms with Gasteiger partial charge in [0.1, 0.15) is 5.82 Å². The summed E-state index contributed by atoms with van der Waals surface area (Å²) in [7, 11) is -4.00. The molecule has 25 heavy (non-hydrogen) atoms. The summed E-state index contributed by atoms with van der Waals surface area (Å²) in [6, 6.07) is 11.2. The third kappa shape index (κ3) is 3.40. The van der Waals surface area contributed by atoms with Crippen LogP contribution >= 0.6 is 11.6 Å². The number of rotatable bonds is 4. The molecule has 0 saturated carbocycles. The second-order valence-corrected chi connectivity index (χ2v) is 8.15. The number of hydrogen-bond donors (Lipinski definition) is 1. The second kappa shape index (κ2) is 6.74. The summed E-state index contributed by atoms with van der Waals surface area (Å²) in [4.78, 5) is 10.7. The van der Waals surface area contributed by atoms with Crippen LogP contribution in [0.15, 0.2) is 47.4 Å². The average Bonchev–Trinajstić information content (AvgIpc) is 3.08. The van der Waals surface area contributed by atoms with Crippen molar-refractivity contribution in [3.63, 3.8) is 0 Å². The van der Waals surface area contributed by atoms with Crippen LogP contribution in [0.4, 0.5) is 4.39 Å². The van der Waals surface area contributed by atoms with E-state index < -0.39 is 37.3 Å². The first-order valence-electron chi connectivity index (χ1n) is 7.58. The average molecular weight is 384 g/mol. The molecule has 1 atom stereocenters. The third-order valence-corrected chi connectivity index (χ3v) is 6.52. The lowest BCUT2D eigenvalue weighted by Crippen LogP contribution is -2.29. The zero-order chi connectivity index (χ0) is 18.2. The molecular formula is C17H15ClFNO4S. The van der Waals surface area contributed by atoms with Crippen LogP contribution in [0.5, 0.6) is 0 Å². The number of halogens is 2. The van der Waals surface area contributed by atoms with Gasteiger partial charge in [-0.1, -0.05) is 41.9 Å². The highest BCUT2D eigenvalue weighted by molar-refractivity contribution is 7.89. The fourth-order valence-electron chi connectivity index (χ4n) is 2.96. The number of carbonyl (C=O) groups is 1. The highest BCUT2D eigenvalue weighted by atomic mass is 35.5. The second-order valence-electron chi connectivity index (χ2n) is 5.83. The molecule has 0 aromatic heterocycles. The molecule has 1 unspecified atom stereocenters. The van der Waals surface area contributed by atoms with Gasteiger partial charge >= 0.3 is 5.97 Å². The Morgan fingerprint density at radius 2 is 1.92 bits per heavy atom. The predicted molar refractivity (Wildman–Crippen MR) is 90.9 cm³/mol. The molecule has 1 aliphatic heterocycles. The van der Waals surface area contributed by atoms with Crippen molar-refractivity contribution < 1.29 is 22.7 Å². The van der Waals surface area contributed by atoms with Crippen LogP contribution in [0, 0.1) is 5.82 Å². The maximum Gasteiger partial charge on any atom is 0.337 e. The van der Waals surface area contributed by atoms with Gasteiger partial charge in [0.25, 0.3) is 0 Å². The standard InChI is InChI=1S/C17H15ClFNO4S/c18-16-14(17(21)22)8-13(9-15(16)19)25(23,24)20-7-6-12(10-20)11-4-2-1-3-5-11/h1-5,8-9,12H,6-7,10H2,(H,21,22). The molecular weight excluding hydrogens is 369 g/mol. The van der Waals surface area contributed by atoms with E-state index in [9.17, 15) is 17.6 Å². The van der Waals surface area contributed by atoms with Gasteiger partial charge in [-0.25, -0.2) is 17.6 Å². The molecule has 1 heterocycles. The summed E-state index contributed by atoms with van der Waals surface area (Å²) < 4.78 is 40.7. The van der Waals surface area contributed by atoms with E-state index in [1.54, 1.807) is 0 Å². The minimum absolute atomic E-state index is 0.0482. The Hall–Kier alpha value is -1.96. The van der Waals surface area contributed by atoms with E-state index in [0.29, 0.717) is 6.42 Å². The lowest BCUT2D eigenvalue weighted by Gasteiger charge is -2.17. The lowest BCUT2D eigenvalue weighted by molar-refractivity contribution is 0.0696. The van der Waals surface area contributed by atoms with E-state index in [0.717, 1.165) is 17.7 Å². The van der Waals surface area contributed by atoms with Crippen molar-refractivity contribution in [2.24, 2.45) is 0 Å². The number of aromatic carboxylic acids is 1. The van der Waals surface area contributed by atoms with Crippen LogP contribution in [0.1, 0.15) is 28.3 Å². The topological polar surface area (TPSA) is 74.7 Å². The quantitative estimate of drug-likeness (QED) is 0.878. The minimum Gasteiger partial charge on any atom is -0.478 e. The first-order valence-corrected chi connectivity index (χ1v) is 9.40. The Kier molecular flexibility index (Phi) is 4.81. The first-order chi connectivity index (χ1) is 11.8. The summed E-state index contributed by atoms with van der Waals surface area (Å²) in [5, 5.41) is 8.47. The summed E-state index contributed by atoms with van der Waals surface area (Å²) >= 11 is 5.61. The van der Waals surface area contributed by atoms with Gasteiger partial charge in [0.2, 0.25) is 10.0 Å². The van der Waals surface area contributed by atoms with Crippen LogP contribution in [-0.4, -0.2) is 36.9 Å². The van der Waals surface area contributed by atoms with Crippen molar-refractivity contribution in [1.82, 2.24) is 4.31 Å². The number of hydrogen-bond acceptors (Lipinski definition) is 3. The normalized spacial score (nSPS) is 18.4. The fraction of sp³-hybridized carbons (Fsp3) is 0.235. The molecule has 8 heteroatoms. The van der Waals surface area contributed by atoms with E-state index in [1.807, 2.05) is 30.3 Å². The molecule has 1 fully saturated rings. The predicted octanol–water partition coefficient (Wildman–Crippen LogP) is 3.36. The smallest absolute Gasteiger partial charge is 0.337 e. The Bertz CT molecular complexity index is 918. The molecule has 0 bridgehead atoms. The molecule has 132 valence electrons. The van der Waals surface area contributed by atoms with Crippen molar-refractivity contribution in [2.45, 2.75) is 17.2 Å². The number of carboxylic acids is 1. The summed E-state index contributed by atoms with van der Waals surface area (Å²) in [5.41, 5.74) is 0.466. The van der Waals surface area contributed by atoms with E-state index >= 15 is 0 Å². The van der Waals surface area contributed by atoms with Gasteiger partial charge in [-0.15, -0.1) is 0 Å². The Labute approximate surface area is 149 Å². The van der Waals surface area contributed by atoms with Gasteiger partial charge in [-0.2, -0.15) is 4.31 Å². The van der Waals surface area contributed by atoms with Gasteiger partial charge < -0.3 is 5.11 Å². The molecule has 1 saturated heterocycles. The van der Waals surface area contributed by atoms with E-state index in [4.69, 9.17) is 16.7 Å². The van der Waals surface area contributed by atoms with Crippen LogP contribution in [0.2, 0.25) is 5.02 Å². The summed E-state index contributed by atoms with van der Waals surface area (Å²) in [5.74, 6) is -2.50. The molecule has 0 aliphatic carbocycles. The van der Waals surface area contributed by atoms with Crippen molar-refractivity contribution in [2.75, 3.05) is 13.1 Å². The van der Waals surface area contributed by atoms with Crippen LogP contribution < -0.4 is 0 Å². The molecule has 1 N–H and O–H groups in total. The monoisotopic (exact) mass is 383 g/mol. The largest absolute Gasteiger partial charge is 0.478 e. The number of nitrogens with zero attached hydrogens (tertiary/aromatic N) is 1. The molecule has 0 amide bonds. The van der Waals surface area contributed by atoms with Gasteiger partial charge in [0.05, 0.1) is 15.5 Å². The van der Waals surface area contributed by atoms with Crippen molar-refractivity contribution >= 4 is 27.6 Å². The summed E-state index contributed by atoms with van der Waals surface area (Å²) in [6.45, 7) is 0.549. The number of benzene rings is 2. The SMILES string of the molecule is O=C(O)c1cc(S(=O)(=O)N2CCC(c3ccccc3)C2)cc(F)c1Cl. The maximum atomic E-state index is 13.9. The fourth-order valence-corrected chi connectivity index (χ4v) is 4.69. The lowest BCUT2D eigenvalue weighted by atomic mass is 9.99. The zero-order valence-electron chi connectivity index (χ0n) is 13.0. The molecule has 3 rings (SSSR count). The number of carboxylic acid groups (broad SMARTS) is 1. The van der Waals surface area contributed by atoms with E-state index in [2.05, 4.69) is 0 Å². The Morgan fingerprint density at radius 1 is 1.24 bits per heavy atom. The first kappa shape index (κ1) is 17.8. The Balaban J connectivity index is 1.92. The van der Waals surface area contributed by atoms with Crippen LogP contribution in [0.3, 0.4) is 0 Å². The van der Waals surface area contributed by atoms with Gasteiger partial charge in [0, 0.05) is 13.1 Å². The molecule has 0 spiro atoms. The molecule has 2 aromatic carbocycles. The maximum absolute atomic E-state index is 13.9. The highest BCUT2D eigenvalue weighted by Gasteiger charge is 2.34. The Morgan fingerprint density at radius 3 is 2.56 bits per heavy atom. The van der Waals surface area contributed by atoms with E-state index in [-0.39, 0.29) is 19.0 Å². The van der Waals surface area contributed by atoms with Gasteiger partial charge in [-0.3, -0.25) is 0 Å². The third-order valence-electron chi connectivity index (χ3n) is 4.29. The number of sulfonamides is 1. The van der Waals surface area contributed by atoms with Gasteiger partial charge in [-0.05, 0) is 30.0 Å². The molecule has 2 aromatic rings. The van der Waals surface area contributed by atoms with E-state index in [1.165, 1.54) is 4.31 Å². The van der Waals surface area contributed by atoms with Crippen LogP contribution in [0.25, 0.3) is 0 Å². The van der Waals surface area contributed by atoms with Crippen molar-refractivity contribution in [3.8, 4) is 0 Å². The molecule has 1 aliphatic rings. The van der Waals surface area contributed by atoms with Crippen molar-refractivity contribution in [1.29, 1.82) is 0 Å². The minimum atomic E-state index is -4.00.